The van der Waals surface area contributed by atoms with Crippen LogP contribution >= 0.6 is 0 Å². The summed E-state index contributed by atoms with van der Waals surface area (Å²) in [6.07, 6.45) is 6.16. The molecule has 34 heavy (non-hydrogen) atoms. The van der Waals surface area contributed by atoms with E-state index in [0.717, 1.165) is 34.2 Å². The zero-order valence-corrected chi connectivity index (χ0v) is 19.2. The van der Waals surface area contributed by atoms with Crippen molar-refractivity contribution in [1.82, 2.24) is 20.1 Å². The number of carbonyl (C=O) groups is 1. The number of aryl methyl sites for hydroxylation is 2. The first-order valence-corrected chi connectivity index (χ1v) is 11.1. The normalized spacial score (nSPS) is 11.6. The minimum atomic E-state index is -0.528. The SMILES string of the molecule is Cc1cc(C#N)ccc1CCNC(C(=O)Nc1ccc(-c2cnn(C)c2)cn1)c1ccccc1. The Morgan fingerprint density at radius 2 is 1.91 bits per heavy atom. The lowest BCUT2D eigenvalue weighted by Crippen LogP contribution is -2.34. The van der Waals surface area contributed by atoms with Crippen LogP contribution in [0, 0.1) is 18.3 Å². The van der Waals surface area contributed by atoms with Crippen molar-refractivity contribution in [2.75, 3.05) is 11.9 Å². The molecule has 0 saturated carbocycles. The van der Waals surface area contributed by atoms with Crippen molar-refractivity contribution in [1.29, 1.82) is 5.26 Å². The number of rotatable bonds is 8. The number of pyridine rings is 1. The highest BCUT2D eigenvalue weighted by atomic mass is 16.2. The Kier molecular flexibility index (Phi) is 7.11. The zero-order chi connectivity index (χ0) is 23.9. The third-order valence-corrected chi connectivity index (χ3v) is 5.66. The fraction of sp³-hybridized carbons (Fsp3) is 0.185. The van der Waals surface area contributed by atoms with Crippen LogP contribution in [-0.4, -0.2) is 27.2 Å². The lowest BCUT2D eigenvalue weighted by Gasteiger charge is -2.19. The molecule has 1 atom stereocenters. The number of carbonyl (C=O) groups excluding carboxylic acids is 1. The molecule has 7 heteroatoms. The number of nitrogens with zero attached hydrogens (tertiary/aromatic N) is 4. The lowest BCUT2D eigenvalue weighted by molar-refractivity contribution is -0.118. The highest BCUT2D eigenvalue weighted by molar-refractivity contribution is 5.95. The Balaban J connectivity index is 1.44. The predicted molar refractivity (Wildman–Crippen MR) is 132 cm³/mol. The fourth-order valence-corrected chi connectivity index (χ4v) is 3.81. The van der Waals surface area contributed by atoms with Crippen LogP contribution in [0.4, 0.5) is 5.82 Å². The largest absolute Gasteiger partial charge is 0.309 e. The van der Waals surface area contributed by atoms with Crippen molar-refractivity contribution in [2.45, 2.75) is 19.4 Å². The molecule has 4 rings (SSSR count). The molecule has 0 bridgehead atoms. The van der Waals surface area contributed by atoms with Crippen molar-refractivity contribution in [3.8, 4) is 17.2 Å². The number of nitriles is 1. The molecular weight excluding hydrogens is 424 g/mol. The maximum absolute atomic E-state index is 13.2. The molecule has 170 valence electrons. The molecule has 0 aliphatic heterocycles. The third-order valence-electron chi connectivity index (χ3n) is 5.66. The molecule has 2 N–H and O–H groups in total. The van der Waals surface area contributed by atoms with Crippen LogP contribution in [0.1, 0.15) is 28.3 Å². The highest BCUT2D eigenvalue weighted by Crippen LogP contribution is 2.20. The molecule has 7 nitrogen and oxygen atoms in total. The second kappa shape index (κ2) is 10.6. The van der Waals surface area contributed by atoms with Gasteiger partial charge >= 0.3 is 0 Å². The Bertz CT molecular complexity index is 1310. The monoisotopic (exact) mass is 450 g/mol. The molecule has 4 aromatic rings. The van der Waals surface area contributed by atoms with Gasteiger partial charge in [0.05, 0.1) is 17.8 Å². The number of anilines is 1. The molecule has 0 spiro atoms. The molecule has 2 aromatic carbocycles. The molecule has 0 aliphatic rings. The van der Waals surface area contributed by atoms with Gasteiger partial charge in [-0.1, -0.05) is 36.4 Å². The van der Waals surface area contributed by atoms with Gasteiger partial charge in [0.15, 0.2) is 0 Å². The van der Waals surface area contributed by atoms with Crippen molar-refractivity contribution in [3.05, 3.63) is 102 Å². The van der Waals surface area contributed by atoms with E-state index in [2.05, 4.69) is 26.8 Å². The van der Waals surface area contributed by atoms with E-state index in [1.807, 2.05) is 74.8 Å². The summed E-state index contributed by atoms with van der Waals surface area (Å²) in [4.78, 5) is 17.6. The average molecular weight is 451 g/mol. The van der Waals surface area contributed by atoms with Crippen LogP contribution in [0.2, 0.25) is 0 Å². The molecule has 1 unspecified atom stereocenters. The second-order valence-corrected chi connectivity index (χ2v) is 8.12. The Hall–Kier alpha value is -4.28. The summed E-state index contributed by atoms with van der Waals surface area (Å²) in [6, 6.07) is 20.7. The van der Waals surface area contributed by atoms with Crippen molar-refractivity contribution in [3.63, 3.8) is 0 Å². The van der Waals surface area contributed by atoms with E-state index < -0.39 is 6.04 Å². The summed E-state index contributed by atoms with van der Waals surface area (Å²) in [6.45, 7) is 2.60. The summed E-state index contributed by atoms with van der Waals surface area (Å²) < 4.78 is 1.74. The van der Waals surface area contributed by atoms with Crippen LogP contribution in [-0.2, 0) is 18.3 Å². The summed E-state index contributed by atoms with van der Waals surface area (Å²) >= 11 is 0. The van der Waals surface area contributed by atoms with Gasteiger partial charge in [0.2, 0.25) is 5.91 Å². The summed E-state index contributed by atoms with van der Waals surface area (Å²) in [5, 5.41) is 19.6. The van der Waals surface area contributed by atoms with Crippen LogP contribution < -0.4 is 10.6 Å². The number of hydrogen-bond acceptors (Lipinski definition) is 5. The van der Waals surface area contributed by atoms with E-state index >= 15 is 0 Å². The molecule has 0 radical (unpaired) electrons. The molecule has 1 amide bonds. The number of hydrogen-bond donors (Lipinski definition) is 2. The molecular formula is C27H26N6O. The van der Waals surface area contributed by atoms with Crippen LogP contribution in [0.25, 0.3) is 11.1 Å². The first-order chi connectivity index (χ1) is 16.5. The molecule has 0 saturated heterocycles. The quantitative estimate of drug-likeness (QED) is 0.420. The van der Waals surface area contributed by atoms with E-state index in [1.165, 1.54) is 0 Å². The molecule has 0 fully saturated rings. The van der Waals surface area contributed by atoms with E-state index in [4.69, 9.17) is 5.26 Å². The smallest absolute Gasteiger partial charge is 0.247 e. The van der Waals surface area contributed by atoms with Crippen molar-refractivity contribution < 1.29 is 4.79 Å². The Morgan fingerprint density at radius 1 is 1.09 bits per heavy atom. The molecule has 2 aromatic heterocycles. The number of benzene rings is 2. The number of nitrogens with one attached hydrogen (secondary N) is 2. The predicted octanol–water partition coefficient (Wildman–Crippen LogP) is 4.17. The fourth-order valence-electron chi connectivity index (χ4n) is 3.81. The van der Waals surface area contributed by atoms with Crippen LogP contribution in [0.3, 0.4) is 0 Å². The minimum Gasteiger partial charge on any atom is -0.309 e. The third kappa shape index (κ3) is 5.55. The van der Waals surface area contributed by atoms with Gasteiger partial charge in [-0.2, -0.15) is 10.4 Å². The van der Waals surface area contributed by atoms with Crippen LogP contribution in [0.5, 0.6) is 0 Å². The molecule has 2 heterocycles. The van der Waals surface area contributed by atoms with Gasteiger partial charge in [0, 0.05) is 37.1 Å². The topological polar surface area (TPSA) is 95.6 Å². The summed E-state index contributed by atoms with van der Waals surface area (Å²) in [5.41, 5.74) is 5.64. The molecule has 0 aliphatic carbocycles. The number of amides is 1. The first-order valence-electron chi connectivity index (χ1n) is 11.1. The van der Waals surface area contributed by atoms with Gasteiger partial charge in [-0.3, -0.25) is 9.48 Å². The maximum atomic E-state index is 13.2. The summed E-state index contributed by atoms with van der Waals surface area (Å²) in [5.74, 6) is 0.313. The second-order valence-electron chi connectivity index (χ2n) is 8.12. The van der Waals surface area contributed by atoms with Crippen molar-refractivity contribution >= 4 is 11.7 Å². The first kappa shape index (κ1) is 22.9. The Labute approximate surface area is 199 Å². The van der Waals surface area contributed by atoms with Gasteiger partial charge in [-0.25, -0.2) is 4.98 Å². The van der Waals surface area contributed by atoms with Gasteiger partial charge < -0.3 is 10.6 Å². The van der Waals surface area contributed by atoms with Gasteiger partial charge in [-0.05, 0) is 54.3 Å². The zero-order valence-electron chi connectivity index (χ0n) is 19.2. The van der Waals surface area contributed by atoms with Gasteiger partial charge in [0.1, 0.15) is 11.9 Å². The average Bonchev–Trinajstić information content (AvgIpc) is 3.29. The maximum Gasteiger partial charge on any atom is 0.247 e. The minimum absolute atomic E-state index is 0.177. The van der Waals surface area contributed by atoms with E-state index in [0.29, 0.717) is 17.9 Å². The van der Waals surface area contributed by atoms with Gasteiger partial charge in [0.25, 0.3) is 0 Å². The standard InChI is InChI=1S/C27H26N6O/c1-19-14-20(15-28)8-9-21(19)12-13-29-26(22-6-4-3-5-7-22)27(34)32-25-11-10-23(16-30-25)24-17-31-33(2)18-24/h3-11,14,16-18,26,29H,12-13H2,1-2H3,(H,30,32,34). The van der Waals surface area contributed by atoms with Gasteiger partial charge in [-0.15, -0.1) is 0 Å². The number of aromatic nitrogens is 3. The van der Waals surface area contributed by atoms with E-state index in [-0.39, 0.29) is 5.91 Å². The highest BCUT2D eigenvalue weighted by Gasteiger charge is 2.20. The van der Waals surface area contributed by atoms with E-state index in [9.17, 15) is 4.79 Å². The Morgan fingerprint density at radius 3 is 2.56 bits per heavy atom. The van der Waals surface area contributed by atoms with Crippen molar-refractivity contribution in [2.24, 2.45) is 7.05 Å². The summed E-state index contributed by atoms with van der Waals surface area (Å²) in [7, 11) is 1.87. The lowest BCUT2D eigenvalue weighted by atomic mass is 10.0. The van der Waals surface area contributed by atoms with Crippen LogP contribution in [0.15, 0.2) is 79.3 Å². The van der Waals surface area contributed by atoms with E-state index in [1.54, 1.807) is 23.1 Å².